The van der Waals surface area contributed by atoms with Crippen LogP contribution in [0.3, 0.4) is 0 Å². The Bertz CT molecular complexity index is 962. The van der Waals surface area contributed by atoms with Gasteiger partial charge >= 0.3 is 11.9 Å². The van der Waals surface area contributed by atoms with Gasteiger partial charge in [0.25, 0.3) is 5.91 Å². The molecule has 0 saturated carbocycles. The molecule has 1 N–H and O–H groups in total. The number of carbonyl (C=O) groups is 3. The van der Waals surface area contributed by atoms with Gasteiger partial charge in [-0.3, -0.25) is 14.4 Å². The first-order valence-electron chi connectivity index (χ1n) is 21.9. The van der Waals surface area contributed by atoms with Crippen LogP contribution >= 0.6 is 0 Å². The molecule has 0 unspecified atom stereocenters. The normalized spacial score (nSPS) is 11.9. The number of esters is 2. The van der Waals surface area contributed by atoms with E-state index < -0.39 is 0 Å². The van der Waals surface area contributed by atoms with Gasteiger partial charge in [0, 0.05) is 12.8 Å². The average molecular weight is 840 g/mol. The fraction of sp³-hybridized carbons (Fsp3) is 0.761. The van der Waals surface area contributed by atoms with Crippen LogP contribution in [0.2, 0.25) is 0 Å². The first kappa shape index (κ1) is 54.9. The lowest BCUT2D eigenvalue weighted by Crippen LogP contribution is -3.00. The van der Waals surface area contributed by atoms with Crippen LogP contribution in [0.5, 0.6) is 0 Å². The van der Waals surface area contributed by atoms with Gasteiger partial charge in [-0.05, 0) is 77.0 Å². The molecular weight excluding hydrogens is 756 g/mol. The summed E-state index contributed by atoms with van der Waals surface area (Å²) in [7, 11) is 3.78. The highest BCUT2D eigenvalue weighted by Crippen LogP contribution is 2.11. The Hall–Kier alpha value is -2.23. The number of amides is 1. The number of aliphatic hydroxyl groups excluding tert-OH is 1. The van der Waals surface area contributed by atoms with Crippen molar-refractivity contribution >= 4 is 17.8 Å². The molecule has 0 atom stereocenters. The third-order valence-corrected chi connectivity index (χ3v) is 9.53. The quantitative estimate of drug-likeness (QED) is 0.0298. The van der Waals surface area contributed by atoms with Gasteiger partial charge in [-0.15, -0.1) is 0 Å². The Morgan fingerprint density at radius 2 is 0.909 bits per heavy atom. The van der Waals surface area contributed by atoms with Crippen molar-refractivity contribution in [2.24, 2.45) is 0 Å². The summed E-state index contributed by atoms with van der Waals surface area (Å²) in [5.74, 6) is -0.607. The van der Waals surface area contributed by atoms with E-state index in [2.05, 4.69) is 62.5 Å². The standard InChI is InChI=1S/C46H83N2O6.BrH/c1-5-7-9-11-13-15-17-19-21-23-25-27-29-31-33-35-45(51)53-41-37-47(44(50)43-48(3,4)39-40-49)38-42-54-46(52)36-34-32-30-28-26-24-22-20-18-16-14-12-10-8-6-2;/h13-16,19-22,49H,5-12,17-18,23-43H2,1-4H3;1H/q+1;/p-1/b15-13+,16-14+,21-19+,22-20+;. The van der Waals surface area contributed by atoms with Crippen molar-refractivity contribution in [3.8, 4) is 0 Å². The number of carbonyl (C=O) groups excluding carboxylic acids is 3. The number of hydrogen-bond acceptors (Lipinski definition) is 6. The molecule has 8 nitrogen and oxygen atoms in total. The largest absolute Gasteiger partial charge is 1.00 e. The monoisotopic (exact) mass is 839 g/mol. The topological polar surface area (TPSA) is 93.1 Å². The van der Waals surface area contributed by atoms with Crippen LogP contribution in [-0.2, 0) is 23.9 Å². The summed E-state index contributed by atoms with van der Waals surface area (Å²) in [5.41, 5.74) is 0. The molecule has 0 aromatic heterocycles. The van der Waals surface area contributed by atoms with E-state index in [0.717, 1.165) is 77.0 Å². The van der Waals surface area contributed by atoms with Crippen LogP contribution in [0, 0.1) is 0 Å². The summed E-state index contributed by atoms with van der Waals surface area (Å²) >= 11 is 0. The number of unbranched alkanes of at least 4 members (excludes halogenated alkanes) is 16. The third-order valence-electron chi connectivity index (χ3n) is 9.53. The maximum Gasteiger partial charge on any atom is 0.305 e. The first-order valence-corrected chi connectivity index (χ1v) is 21.9. The molecule has 0 heterocycles. The predicted molar refractivity (Wildman–Crippen MR) is 226 cm³/mol. The number of halogens is 1. The predicted octanol–water partition coefficient (Wildman–Crippen LogP) is 7.60. The van der Waals surface area contributed by atoms with Crippen molar-refractivity contribution < 1.29 is 50.4 Å². The van der Waals surface area contributed by atoms with Crippen molar-refractivity contribution in [3.63, 3.8) is 0 Å². The molecule has 55 heavy (non-hydrogen) atoms. The molecule has 0 aliphatic heterocycles. The van der Waals surface area contributed by atoms with Gasteiger partial charge < -0.3 is 40.9 Å². The van der Waals surface area contributed by atoms with Crippen molar-refractivity contribution in [2.45, 2.75) is 168 Å². The Morgan fingerprint density at radius 1 is 0.545 bits per heavy atom. The highest BCUT2D eigenvalue weighted by molar-refractivity contribution is 5.77. The molecule has 1 amide bonds. The van der Waals surface area contributed by atoms with Gasteiger partial charge in [0.2, 0.25) is 0 Å². The molecule has 320 valence electrons. The van der Waals surface area contributed by atoms with E-state index in [1.807, 2.05) is 14.1 Å². The number of allylic oxidation sites excluding steroid dienone is 8. The van der Waals surface area contributed by atoms with Gasteiger partial charge in [-0.25, -0.2) is 0 Å². The Balaban J connectivity index is 0. The molecule has 0 rings (SSSR count). The number of aliphatic hydroxyl groups is 1. The number of quaternary nitrogens is 1. The van der Waals surface area contributed by atoms with E-state index in [4.69, 9.17) is 9.47 Å². The summed E-state index contributed by atoms with van der Waals surface area (Å²) < 4.78 is 11.3. The van der Waals surface area contributed by atoms with Crippen LogP contribution in [0.4, 0.5) is 0 Å². The minimum absolute atomic E-state index is 0. The Kier molecular flexibility index (Phi) is 41.3. The van der Waals surface area contributed by atoms with Crippen molar-refractivity contribution in [2.75, 3.05) is 60.1 Å². The van der Waals surface area contributed by atoms with E-state index in [-0.39, 0.29) is 74.3 Å². The van der Waals surface area contributed by atoms with Crippen LogP contribution in [0.15, 0.2) is 48.6 Å². The Morgan fingerprint density at radius 3 is 1.29 bits per heavy atom. The zero-order chi connectivity index (χ0) is 39.8. The second-order valence-corrected chi connectivity index (χ2v) is 15.3. The minimum atomic E-state index is -0.242. The molecule has 0 bridgehead atoms. The van der Waals surface area contributed by atoms with Crippen molar-refractivity contribution in [1.29, 1.82) is 0 Å². The lowest BCUT2D eigenvalue weighted by Gasteiger charge is -2.31. The van der Waals surface area contributed by atoms with Gasteiger partial charge in [0.1, 0.15) is 19.8 Å². The van der Waals surface area contributed by atoms with Crippen LogP contribution in [0.1, 0.15) is 168 Å². The molecular formula is C46H83BrN2O6. The summed E-state index contributed by atoms with van der Waals surface area (Å²) in [6.07, 6.45) is 43.8. The lowest BCUT2D eigenvalue weighted by molar-refractivity contribution is -0.883. The molecule has 9 heteroatoms. The maximum absolute atomic E-state index is 13.2. The fourth-order valence-corrected chi connectivity index (χ4v) is 6.02. The number of hydrogen-bond donors (Lipinski definition) is 1. The fourth-order valence-electron chi connectivity index (χ4n) is 6.02. The molecule has 0 aliphatic rings. The van der Waals surface area contributed by atoms with Crippen LogP contribution in [0.25, 0.3) is 0 Å². The number of rotatable bonds is 38. The van der Waals surface area contributed by atoms with Crippen LogP contribution < -0.4 is 17.0 Å². The average Bonchev–Trinajstić information content (AvgIpc) is 3.13. The van der Waals surface area contributed by atoms with Crippen molar-refractivity contribution in [3.05, 3.63) is 48.6 Å². The summed E-state index contributed by atoms with van der Waals surface area (Å²) in [6.45, 7) is 5.80. The van der Waals surface area contributed by atoms with Gasteiger partial charge in [-0.1, -0.05) is 127 Å². The number of likely N-dealkylation sites (N-methyl/N-ethyl adjacent to an activating group) is 1. The van der Waals surface area contributed by atoms with Gasteiger partial charge in [0.15, 0.2) is 6.54 Å². The molecule has 0 saturated heterocycles. The van der Waals surface area contributed by atoms with Gasteiger partial charge in [-0.2, -0.15) is 0 Å². The second kappa shape index (κ2) is 41.4. The lowest BCUT2D eigenvalue weighted by atomic mass is 10.1. The summed E-state index contributed by atoms with van der Waals surface area (Å²) in [4.78, 5) is 39.5. The summed E-state index contributed by atoms with van der Waals surface area (Å²) in [5, 5.41) is 9.40. The zero-order valence-corrected chi connectivity index (χ0v) is 37.4. The SMILES string of the molecule is CCCCC/C=C/C/C=C/CCCCCCCC(=O)OCCN(CCOC(=O)CCCCCCC/C=C/C/C=C/CCCCC)C(=O)C[N+](C)(C)CCO.[Br-]. The van der Waals surface area contributed by atoms with Crippen molar-refractivity contribution in [1.82, 2.24) is 4.90 Å². The third kappa shape index (κ3) is 39.8. The molecule has 0 fully saturated rings. The minimum Gasteiger partial charge on any atom is -1.00 e. The number of nitrogens with zero attached hydrogens (tertiary/aromatic N) is 2. The second-order valence-electron chi connectivity index (χ2n) is 15.3. The molecule has 0 aromatic rings. The van der Waals surface area contributed by atoms with E-state index in [9.17, 15) is 19.5 Å². The molecule has 0 aromatic carbocycles. The molecule has 0 aliphatic carbocycles. The van der Waals surface area contributed by atoms with E-state index >= 15 is 0 Å². The van der Waals surface area contributed by atoms with E-state index in [1.165, 1.54) is 64.2 Å². The maximum atomic E-state index is 13.2. The van der Waals surface area contributed by atoms with E-state index in [1.54, 1.807) is 4.90 Å². The molecule has 0 radical (unpaired) electrons. The summed E-state index contributed by atoms with van der Waals surface area (Å²) in [6, 6.07) is 0. The van der Waals surface area contributed by atoms with Gasteiger partial charge in [0.05, 0.1) is 33.8 Å². The highest BCUT2D eigenvalue weighted by Gasteiger charge is 2.24. The van der Waals surface area contributed by atoms with Crippen LogP contribution in [-0.4, -0.2) is 92.4 Å². The highest BCUT2D eigenvalue weighted by atomic mass is 79.9. The smallest absolute Gasteiger partial charge is 0.305 e. The first-order chi connectivity index (χ1) is 26.3. The Labute approximate surface area is 348 Å². The number of ether oxygens (including phenoxy) is 2. The van der Waals surface area contributed by atoms with E-state index in [0.29, 0.717) is 23.9 Å². The molecule has 0 spiro atoms. The zero-order valence-electron chi connectivity index (χ0n) is 35.8.